The normalized spacial score (nSPS) is 13.1. The molecule has 8 aromatic rings. The van der Waals surface area contributed by atoms with Crippen LogP contribution in [0.15, 0.2) is 182 Å². The molecular weight excluding hydrogens is 658 g/mol. The fourth-order valence-electron chi connectivity index (χ4n) is 7.77. The maximum Gasteiger partial charge on any atom is 0.117 e. The van der Waals surface area contributed by atoms with Gasteiger partial charge in [0.25, 0.3) is 0 Å². The molecule has 1 aromatic heterocycles. The highest BCUT2D eigenvalue weighted by Gasteiger charge is 2.39. The van der Waals surface area contributed by atoms with Crippen LogP contribution in [0.25, 0.3) is 27.7 Å². The van der Waals surface area contributed by atoms with Gasteiger partial charge >= 0.3 is 0 Å². The van der Waals surface area contributed by atoms with Gasteiger partial charge in [-0.3, -0.25) is 0 Å². The van der Waals surface area contributed by atoms with E-state index >= 15 is 0 Å². The number of rotatable bonds is 6. The predicted octanol–water partition coefficient (Wildman–Crippen LogP) is 12.0. The lowest BCUT2D eigenvalue weighted by atomic mass is 10.0. The summed E-state index contributed by atoms with van der Waals surface area (Å²) in [5.74, 6) is 0. The van der Waals surface area contributed by atoms with Crippen LogP contribution in [0.4, 0.5) is 34.1 Å². The molecule has 5 heteroatoms. The largest absolute Gasteiger partial charge is 0.314 e. The highest BCUT2D eigenvalue weighted by Crippen LogP contribution is 2.49. The first-order chi connectivity index (χ1) is 25.0. The summed E-state index contributed by atoms with van der Waals surface area (Å²) in [5.41, 5.74) is 10.9. The summed E-state index contributed by atoms with van der Waals surface area (Å²) in [5, 5.41) is 4.63. The van der Waals surface area contributed by atoms with E-state index in [0.717, 1.165) is 44.9 Å². The van der Waals surface area contributed by atoms with Gasteiger partial charge in [0.05, 0.1) is 27.6 Å². The molecule has 0 bridgehead atoms. The lowest BCUT2D eigenvalue weighted by Crippen LogP contribution is -2.58. The Morgan fingerprint density at radius 3 is 1.75 bits per heavy atom. The Kier molecular flexibility index (Phi) is 7.65. The average Bonchev–Trinajstić information content (AvgIpc) is 3.56. The average molecular weight is 694 g/mol. The molecule has 1 aliphatic heterocycles. The van der Waals surface area contributed by atoms with Crippen LogP contribution in [0.1, 0.15) is 0 Å². The van der Waals surface area contributed by atoms with Crippen LogP contribution >= 0.6 is 11.6 Å². The third-order valence-corrected chi connectivity index (χ3v) is 14.2. The van der Waals surface area contributed by atoms with Gasteiger partial charge in [0, 0.05) is 34.3 Å². The second-order valence-electron chi connectivity index (χ2n) is 13.6. The molecule has 0 aliphatic carbocycles. The van der Waals surface area contributed by atoms with Crippen molar-refractivity contribution in [2.75, 3.05) is 9.80 Å². The summed E-state index contributed by atoms with van der Waals surface area (Å²) in [4.78, 5) is 4.70. The lowest BCUT2D eigenvalue weighted by molar-refractivity contribution is 1.12. The van der Waals surface area contributed by atoms with E-state index in [4.69, 9.17) is 11.6 Å². The van der Waals surface area contributed by atoms with Crippen LogP contribution in [0.5, 0.6) is 0 Å². The van der Waals surface area contributed by atoms with Gasteiger partial charge in [0.15, 0.2) is 0 Å². The van der Waals surface area contributed by atoms with Gasteiger partial charge in [-0.15, -0.1) is 0 Å². The van der Waals surface area contributed by atoms with Gasteiger partial charge < -0.3 is 14.4 Å². The summed E-state index contributed by atoms with van der Waals surface area (Å²) in [6.07, 6.45) is 2.25. The van der Waals surface area contributed by atoms with Crippen LogP contribution in [0.2, 0.25) is 18.1 Å². The zero-order valence-corrected chi connectivity index (χ0v) is 30.3. The van der Waals surface area contributed by atoms with Crippen LogP contribution in [0.3, 0.4) is 0 Å². The summed E-state index contributed by atoms with van der Waals surface area (Å²) in [7, 11) is -1.96. The zero-order chi connectivity index (χ0) is 34.5. The van der Waals surface area contributed by atoms with Gasteiger partial charge in [0.1, 0.15) is 8.07 Å². The van der Waals surface area contributed by atoms with Gasteiger partial charge in [-0.1, -0.05) is 140 Å². The van der Waals surface area contributed by atoms with E-state index < -0.39 is 8.07 Å². The van der Waals surface area contributed by atoms with Crippen molar-refractivity contribution < 1.29 is 0 Å². The molecule has 0 saturated carbocycles. The number of halogens is 1. The summed E-state index contributed by atoms with van der Waals surface area (Å²) < 4.78 is 2.29. The molecule has 1 aliphatic rings. The highest BCUT2D eigenvalue weighted by molar-refractivity contribution is 7.02. The molecule has 2 heterocycles. The number of hydrogen-bond acceptors (Lipinski definition) is 2. The predicted molar refractivity (Wildman–Crippen MR) is 220 cm³/mol. The number of para-hydroxylation sites is 4. The van der Waals surface area contributed by atoms with Crippen LogP contribution in [0, 0.1) is 0 Å². The molecule has 0 atom stereocenters. The van der Waals surface area contributed by atoms with Crippen molar-refractivity contribution in [1.29, 1.82) is 0 Å². The van der Waals surface area contributed by atoms with Crippen molar-refractivity contribution in [2.45, 2.75) is 13.1 Å². The van der Waals surface area contributed by atoms with Crippen molar-refractivity contribution in [3.05, 3.63) is 187 Å². The molecule has 9 rings (SSSR count). The topological polar surface area (TPSA) is 11.4 Å². The molecule has 3 nitrogen and oxygen atoms in total. The number of hydrogen-bond donors (Lipinski definition) is 0. The number of aromatic nitrogens is 1. The monoisotopic (exact) mass is 693 g/mol. The van der Waals surface area contributed by atoms with Gasteiger partial charge in [-0.2, -0.15) is 0 Å². The van der Waals surface area contributed by atoms with Crippen LogP contribution in [-0.2, 0) is 0 Å². The Bertz CT molecular complexity index is 2480. The standard InChI is InChI=1S/C46H36ClN3Si/c1-51(2)44-27-14-12-23-39(44)50(40-24-13-15-28-45(40)51)42-26-16-25-41(46(42)47)49(36-21-10-5-11-22-36)43-32-48(35-19-8-4-9-20-35)38-30-29-34(31-37(38)43)33-17-6-3-7-18-33/h3-32H,1-2H3. The van der Waals surface area contributed by atoms with Crippen molar-refractivity contribution in [3.8, 4) is 16.8 Å². The third-order valence-electron chi connectivity index (χ3n) is 10.3. The highest BCUT2D eigenvalue weighted by atomic mass is 35.5. The number of fused-ring (bicyclic) bond motifs is 3. The molecular formula is C46H36ClN3Si. The molecule has 0 radical (unpaired) electrons. The summed E-state index contributed by atoms with van der Waals surface area (Å²) >= 11 is 7.76. The van der Waals surface area contributed by atoms with Gasteiger partial charge in [-0.05, 0) is 82.2 Å². The second kappa shape index (κ2) is 12.5. The van der Waals surface area contributed by atoms with E-state index in [1.165, 1.54) is 27.3 Å². The molecule has 246 valence electrons. The van der Waals surface area contributed by atoms with Crippen molar-refractivity contribution >= 4 is 75.1 Å². The maximum absolute atomic E-state index is 7.76. The number of anilines is 6. The Morgan fingerprint density at radius 1 is 0.510 bits per heavy atom. The second-order valence-corrected chi connectivity index (χ2v) is 18.3. The van der Waals surface area contributed by atoms with E-state index in [0.29, 0.717) is 5.02 Å². The first-order valence-corrected chi connectivity index (χ1v) is 20.8. The molecule has 0 spiro atoms. The maximum atomic E-state index is 7.76. The summed E-state index contributed by atoms with van der Waals surface area (Å²) in [6.45, 7) is 4.90. The molecule has 0 N–H and O–H groups in total. The smallest absolute Gasteiger partial charge is 0.117 e. The fourth-order valence-corrected chi connectivity index (χ4v) is 11.1. The Balaban J connectivity index is 1.30. The Hall–Kier alpha value is -5.81. The van der Waals surface area contributed by atoms with E-state index in [9.17, 15) is 0 Å². The van der Waals surface area contributed by atoms with Crippen molar-refractivity contribution in [2.24, 2.45) is 0 Å². The molecule has 7 aromatic carbocycles. The molecule has 51 heavy (non-hydrogen) atoms. The van der Waals surface area contributed by atoms with Crippen LogP contribution in [-0.4, -0.2) is 12.6 Å². The SMILES string of the molecule is C[Si]1(C)c2ccccc2N(c2cccc(N(c3ccccc3)c3cn(-c4ccccc4)c4ccc(-c5ccccc5)cc34)c2Cl)c2ccccc21. The zero-order valence-electron chi connectivity index (χ0n) is 28.5. The van der Waals surface area contributed by atoms with Crippen molar-refractivity contribution in [3.63, 3.8) is 0 Å². The molecule has 0 fully saturated rings. The van der Waals surface area contributed by atoms with Gasteiger partial charge in [0.2, 0.25) is 0 Å². The third kappa shape index (κ3) is 5.18. The van der Waals surface area contributed by atoms with E-state index in [1.54, 1.807) is 0 Å². The first kappa shape index (κ1) is 31.2. The molecule has 0 saturated heterocycles. The van der Waals surface area contributed by atoms with E-state index in [1.807, 2.05) is 0 Å². The van der Waals surface area contributed by atoms with E-state index in [2.05, 4.69) is 210 Å². The van der Waals surface area contributed by atoms with Crippen molar-refractivity contribution in [1.82, 2.24) is 4.57 Å². The minimum Gasteiger partial charge on any atom is -0.314 e. The molecule has 0 unspecified atom stereocenters. The first-order valence-electron chi connectivity index (χ1n) is 17.4. The fraction of sp³-hybridized carbons (Fsp3) is 0.0435. The van der Waals surface area contributed by atoms with Gasteiger partial charge in [-0.25, -0.2) is 0 Å². The minimum absolute atomic E-state index is 0.687. The summed E-state index contributed by atoms with van der Waals surface area (Å²) in [6, 6.07) is 62.7. The molecule has 0 amide bonds. The number of benzene rings is 7. The van der Waals surface area contributed by atoms with E-state index in [-0.39, 0.29) is 0 Å². The number of nitrogens with zero attached hydrogens (tertiary/aromatic N) is 3. The van der Waals surface area contributed by atoms with Crippen LogP contribution < -0.4 is 20.2 Å². The quantitative estimate of drug-likeness (QED) is 0.161. The minimum atomic E-state index is -1.96. The lowest BCUT2D eigenvalue weighted by Gasteiger charge is -2.41. The Labute approximate surface area is 305 Å². The Morgan fingerprint density at radius 2 is 1.08 bits per heavy atom.